The van der Waals surface area contributed by atoms with Crippen LogP contribution in [0.1, 0.15) is 29.6 Å². The van der Waals surface area contributed by atoms with Crippen molar-refractivity contribution in [1.82, 2.24) is 10.2 Å². The molecule has 8 nitrogen and oxygen atoms in total. The number of nitrogens with two attached hydrogens (primary N) is 1. The summed E-state index contributed by atoms with van der Waals surface area (Å²) in [6.07, 6.45) is 2.02. The second kappa shape index (κ2) is 8.93. The Morgan fingerprint density at radius 2 is 2.04 bits per heavy atom. The van der Waals surface area contributed by atoms with Crippen molar-refractivity contribution in [1.29, 1.82) is 0 Å². The molecule has 0 aromatic heterocycles. The van der Waals surface area contributed by atoms with Gasteiger partial charge in [-0.3, -0.25) is 19.2 Å². The summed E-state index contributed by atoms with van der Waals surface area (Å²) < 4.78 is 17.9. The molecule has 0 spiro atoms. The summed E-state index contributed by atoms with van der Waals surface area (Å²) >= 11 is 0. The van der Waals surface area contributed by atoms with Crippen molar-refractivity contribution in [3.05, 3.63) is 35.6 Å². The van der Waals surface area contributed by atoms with Crippen LogP contribution in [0, 0.1) is 5.82 Å². The average molecular weight is 365 g/mol. The predicted molar refractivity (Wildman–Crippen MR) is 88.2 cm³/mol. The minimum absolute atomic E-state index is 0.0616. The number of likely N-dealkylation sites (tertiary alicyclic amines) is 1. The monoisotopic (exact) mass is 365 g/mol. The minimum Gasteiger partial charge on any atom is -0.454 e. The smallest absolute Gasteiger partial charge is 0.325 e. The summed E-state index contributed by atoms with van der Waals surface area (Å²) in [6, 6.07) is 4.30. The van der Waals surface area contributed by atoms with Crippen molar-refractivity contribution in [3.8, 4) is 0 Å². The van der Waals surface area contributed by atoms with E-state index in [0.717, 1.165) is 18.9 Å². The SMILES string of the molecule is NC(=O)[C@H]1CCCCN1C(=O)COC(=O)CNC(=O)c1cccc(F)c1. The quantitative estimate of drug-likeness (QED) is 0.686. The van der Waals surface area contributed by atoms with Crippen LogP contribution in [0.4, 0.5) is 4.39 Å². The largest absolute Gasteiger partial charge is 0.454 e. The van der Waals surface area contributed by atoms with Gasteiger partial charge >= 0.3 is 5.97 Å². The number of esters is 1. The molecule has 3 N–H and O–H groups in total. The zero-order valence-corrected chi connectivity index (χ0v) is 14.1. The van der Waals surface area contributed by atoms with Gasteiger partial charge in [-0.05, 0) is 37.5 Å². The van der Waals surface area contributed by atoms with Crippen LogP contribution in [0.2, 0.25) is 0 Å². The Balaban J connectivity index is 1.78. The van der Waals surface area contributed by atoms with Crippen molar-refractivity contribution < 1.29 is 28.3 Å². The zero-order chi connectivity index (χ0) is 19.1. The number of benzene rings is 1. The van der Waals surface area contributed by atoms with E-state index in [0.29, 0.717) is 13.0 Å². The molecule has 140 valence electrons. The van der Waals surface area contributed by atoms with Crippen LogP contribution in [0.5, 0.6) is 0 Å². The normalized spacial score (nSPS) is 16.7. The Hall–Kier alpha value is -2.97. The summed E-state index contributed by atoms with van der Waals surface area (Å²) in [5, 5.41) is 2.28. The van der Waals surface area contributed by atoms with Gasteiger partial charge < -0.3 is 20.7 Å². The van der Waals surface area contributed by atoms with Gasteiger partial charge in [0.1, 0.15) is 18.4 Å². The Morgan fingerprint density at radius 1 is 1.27 bits per heavy atom. The Labute approximate surface area is 149 Å². The molecule has 2 rings (SSSR count). The first kappa shape index (κ1) is 19.4. The van der Waals surface area contributed by atoms with Gasteiger partial charge in [0.2, 0.25) is 5.91 Å². The number of primary amides is 1. The first-order valence-electron chi connectivity index (χ1n) is 8.16. The van der Waals surface area contributed by atoms with Gasteiger partial charge in [-0.1, -0.05) is 6.07 Å². The van der Waals surface area contributed by atoms with Crippen molar-refractivity contribution in [3.63, 3.8) is 0 Å². The van der Waals surface area contributed by atoms with E-state index < -0.39 is 48.7 Å². The molecule has 0 saturated carbocycles. The molecule has 1 fully saturated rings. The van der Waals surface area contributed by atoms with Gasteiger partial charge in [0.05, 0.1) is 0 Å². The molecule has 1 atom stereocenters. The zero-order valence-electron chi connectivity index (χ0n) is 14.1. The number of carbonyl (C=O) groups excluding carboxylic acids is 4. The van der Waals surface area contributed by atoms with Crippen LogP contribution in [-0.2, 0) is 19.1 Å². The first-order valence-corrected chi connectivity index (χ1v) is 8.16. The Kier molecular flexibility index (Phi) is 6.65. The Morgan fingerprint density at radius 3 is 2.73 bits per heavy atom. The fraction of sp³-hybridized carbons (Fsp3) is 0.412. The maximum absolute atomic E-state index is 13.1. The molecule has 0 unspecified atom stereocenters. The van der Waals surface area contributed by atoms with Gasteiger partial charge in [-0.2, -0.15) is 0 Å². The predicted octanol–water partition coefficient (Wildman–Crippen LogP) is -0.0349. The second-order valence-corrected chi connectivity index (χ2v) is 5.85. The fourth-order valence-corrected chi connectivity index (χ4v) is 2.69. The molecule has 1 aliphatic heterocycles. The van der Waals surface area contributed by atoms with E-state index in [1.54, 1.807) is 0 Å². The van der Waals surface area contributed by atoms with E-state index in [1.807, 2.05) is 0 Å². The van der Waals surface area contributed by atoms with E-state index in [4.69, 9.17) is 10.5 Å². The van der Waals surface area contributed by atoms with Crippen molar-refractivity contribution in [2.45, 2.75) is 25.3 Å². The van der Waals surface area contributed by atoms with E-state index in [9.17, 15) is 23.6 Å². The van der Waals surface area contributed by atoms with Crippen LogP contribution in [0.15, 0.2) is 24.3 Å². The van der Waals surface area contributed by atoms with Crippen molar-refractivity contribution in [2.75, 3.05) is 19.7 Å². The number of nitrogens with zero attached hydrogens (tertiary/aromatic N) is 1. The molecule has 1 aromatic carbocycles. The van der Waals surface area contributed by atoms with Crippen LogP contribution in [0.3, 0.4) is 0 Å². The average Bonchev–Trinajstić information content (AvgIpc) is 2.64. The van der Waals surface area contributed by atoms with Crippen LogP contribution in [-0.4, -0.2) is 54.3 Å². The van der Waals surface area contributed by atoms with Gasteiger partial charge in [0.15, 0.2) is 6.61 Å². The highest BCUT2D eigenvalue weighted by molar-refractivity contribution is 5.96. The number of hydrogen-bond donors (Lipinski definition) is 2. The molecular weight excluding hydrogens is 345 g/mol. The molecule has 9 heteroatoms. The van der Waals surface area contributed by atoms with Crippen LogP contribution < -0.4 is 11.1 Å². The molecule has 0 bridgehead atoms. The van der Waals surface area contributed by atoms with Crippen LogP contribution in [0.25, 0.3) is 0 Å². The summed E-state index contributed by atoms with van der Waals surface area (Å²) in [5.41, 5.74) is 5.35. The lowest BCUT2D eigenvalue weighted by molar-refractivity contribution is -0.154. The van der Waals surface area contributed by atoms with Gasteiger partial charge in [0, 0.05) is 12.1 Å². The van der Waals surface area contributed by atoms with Gasteiger partial charge in [0.25, 0.3) is 11.8 Å². The number of piperidine rings is 1. The molecular formula is C17H20FN3O5. The number of halogens is 1. The fourth-order valence-electron chi connectivity index (χ4n) is 2.69. The van der Waals surface area contributed by atoms with Crippen molar-refractivity contribution in [2.24, 2.45) is 5.73 Å². The van der Waals surface area contributed by atoms with E-state index in [1.165, 1.54) is 23.1 Å². The van der Waals surface area contributed by atoms with E-state index in [-0.39, 0.29) is 5.56 Å². The molecule has 1 heterocycles. The van der Waals surface area contributed by atoms with E-state index in [2.05, 4.69) is 5.32 Å². The maximum atomic E-state index is 13.1. The van der Waals surface area contributed by atoms with Gasteiger partial charge in [-0.25, -0.2) is 4.39 Å². The molecule has 3 amide bonds. The highest BCUT2D eigenvalue weighted by Gasteiger charge is 2.30. The first-order chi connectivity index (χ1) is 12.4. The standard InChI is InChI=1S/C17H20FN3O5/c18-12-5-3-4-11(8-12)17(25)20-9-15(23)26-10-14(22)21-7-2-1-6-13(21)16(19)24/h3-5,8,13H,1-2,6-7,9-10H2,(H2,19,24)(H,20,25)/t13-/m1/s1. The molecule has 1 aliphatic rings. The van der Waals surface area contributed by atoms with Crippen molar-refractivity contribution >= 4 is 23.7 Å². The van der Waals surface area contributed by atoms with E-state index >= 15 is 0 Å². The number of rotatable bonds is 6. The maximum Gasteiger partial charge on any atom is 0.325 e. The summed E-state index contributed by atoms with van der Waals surface area (Å²) in [5.74, 6) is -3.14. The number of carbonyl (C=O) groups is 4. The number of amides is 3. The lowest BCUT2D eigenvalue weighted by atomic mass is 10.0. The summed E-state index contributed by atoms with van der Waals surface area (Å²) in [6.45, 7) is -0.638. The number of ether oxygens (including phenoxy) is 1. The molecule has 0 aliphatic carbocycles. The Bertz CT molecular complexity index is 709. The third kappa shape index (κ3) is 5.27. The lowest BCUT2D eigenvalue weighted by Gasteiger charge is -2.33. The van der Waals surface area contributed by atoms with Gasteiger partial charge in [-0.15, -0.1) is 0 Å². The second-order valence-electron chi connectivity index (χ2n) is 5.85. The number of nitrogens with one attached hydrogen (secondary N) is 1. The number of hydrogen-bond acceptors (Lipinski definition) is 5. The van der Waals surface area contributed by atoms with Crippen LogP contribution >= 0.6 is 0 Å². The highest BCUT2D eigenvalue weighted by Crippen LogP contribution is 2.16. The molecule has 1 aromatic rings. The topological polar surface area (TPSA) is 119 Å². The summed E-state index contributed by atoms with van der Waals surface area (Å²) in [7, 11) is 0. The third-order valence-corrected chi connectivity index (χ3v) is 3.99. The lowest BCUT2D eigenvalue weighted by Crippen LogP contribution is -2.51. The highest BCUT2D eigenvalue weighted by atomic mass is 19.1. The summed E-state index contributed by atoms with van der Waals surface area (Å²) in [4.78, 5) is 48.3. The minimum atomic E-state index is -0.823. The molecule has 1 saturated heterocycles. The molecule has 26 heavy (non-hydrogen) atoms. The third-order valence-electron chi connectivity index (χ3n) is 3.99. The molecule has 0 radical (unpaired) electrons.